The second-order valence-corrected chi connectivity index (χ2v) is 7.71. The molecule has 3 rings (SSSR count). The van der Waals surface area contributed by atoms with Gasteiger partial charge in [-0.3, -0.25) is 9.89 Å². The Balaban J connectivity index is 1.64. The molecule has 0 unspecified atom stereocenters. The predicted octanol–water partition coefficient (Wildman–Crippen LogP) is 2.65. The number of benzene rings is 1. The molecule has 2 fully saturated rings. The third kappa shape index (κ3) is 4.38. The summed E-state index contributed by atoms with van der Waals surface area (Å²) in [6, 6.07) is 8.57. The first kappa shape index (κ1) is 19.2. The summed E-state index contributed by atoms with van der Waals surface area (Å²) in [7, 11) is 4.00. The smallest absolute Gasteiger partial charge is 0.193 e. The van der Waals surface area contributed by atoms with Gasteiger partial charge in [-0.05, 0) is 56.8 Å². The Morgan fingerprint density at radius 3 is 2.58 bits per heavy atom. The Kier molecular flexibility index (Phi) is 6.54. The monoisotopic (exact) mass is 358 g/mol. The van der Waals surface area contributed by atoms with Crippen molar-refractivity contribution in [3.8, 4) is 0 Å². The van der Waals surface area contributed by atoms with Gasteiger partial charge in [0, 0.05) is 45.9 Å². The number of hydrogen-bond donors (Lipinski definition) is 1. The molecule has 0 atom stereocenters. The SMILES string of the molecule is CN=C(NCC1(N2CCCC2)CCOCC1)N(C)Cc1ccccc1C. The zero-order valence-electron chi connectivity index (χ0n) is 16.6. The molecule has 1 aromatic rings. The molecule has 0 amide bonds. The van der Waals surface area contributed by atoms with Crippen LogP contribution in [0.4, 0.5) is 0 Å². The van der Waals surface area contributed by atoms with Gasteiger partial charge in [0.05, 0.1) is 0 Å². The first-order chi connectivity index (χ1) is 12.6. The largest absolute Gasteiger partial charge is 0.381 e. The summed E-state index contributed by atoms with van der Waals surface area (Å²) in [6.45, 7) is 8.17. The van der Waals surface area contributed by atoms with E-state index in [0.29, 0.717) is 0 Å². The van der Waals surface area contributed by atoms with Gasteiger partial charge >= 0.3 is 0 Å². The lowest BCUT2D eigenvalue weighted by atomic mass is 9.88. The van der Waals surface area contributed by atoms with E-state index in [2.05, 4.69) is 58.3 Å². The van der Waals surface area contributed by atoms with Crippen LogP contribution in [0.2, 0.25) is 0 Å². The van der Waals surface area contributed by atoms with Gasteiger partial charge < -0.3 is 15.0 Å². The van der Waals surface area contributed by atoms with Crippen LogP contribution in [0.1, 0.15) is 36.8 Å². The molecule has 2 aliphatic rings. The second kappa shape index (κ2) is 8.87. The van der Waals surface area contributed by atoms with E-state index in [9.17, 15) is 0 Å². The number of likely N-dealkylation sites (tertiary alicyclic amines) is 1. The van der Waals surface area contributed by atoms with Crippen LogP contribution >= 0.6 is 0 Å². The van der Waals surface area contributed by atoms with Crippen LogP contribution in [0.5, 0.6) is 0 Å². The molecule has 2 saturated heterocycles. The maximum atomic E-state index is 5.66. The van der Waals surface area contributed by atoms with Crippen molar-refractivity contribution in [1.82, 2.24) is 15.1 Å². The summed E-state index contributed by atoms with van der Waals surface area (Å²) in [4.78, 5) is 9.45. The highest BCUT2D eigenvalue weighted by Crippen LogP contribution is 2.30. The summed E-state index contributed by atoms with van der Waals surface area (Å²) >= 11 is 0. The first-order valence-corrected chi connectivity index (χ1v) is 9.94. The Bertz CT molecular complexity index is 604. The molecule has 0 aromatic heterocycles. The molecule has 0 radical (unpaired) electrons. The van der Waals surface area contributed by atoms with Gasteiger partial charge in [0.15, 0.2) is 5.96 Å². The Labute approximate surface area is 158 Å². The van der Waals surface area contributed by atoms with E-state index in [0.717, 1.165) is 45.1 Å². The minimum absolute atomic E-state index is 0.216. The van der Waals surface area contributed by atoms with Crippen LogP contribution in [0.3, 0.4) is 0 Å². The minimum atomic E-state index is 0.216. The van der Waals surface area contributed by atoms with E-state index < -0.39 is 0 Å². The summed E-state index contributed by atoms with van der Waals surface area (Å²) in [5.41, 5.74) is 2.89. The van der Waals surface area contributed by atoms with E-state index in [4.69, 9.17) is 4.74 Å². The molecular weight excluding hydrogens is 324 g/mol. The molecule has 5 heteroatoms. The van der Waals surface area contributed by atoms with Gasteiger partial charge in [-0.15, -0.1) is 0 Å². The van der Waals surface area contributed by atoms with Crippen molar-refractivity contribution in [2.45, 2.75) is 44.7 Å². The summed E-state index contributed by atoms with van der Waals surface area (Å²) < 4.78 is 5.66. The molecule has 0 bridgehead atoms. The van der Waals surface area contributed by atoms with Crippen LogP contribution in [0.15, 0.2) is 29.3 Å². The highest BCUT2D eigenvalue weighted by atomic mass is 16.5. The van der Waals surface area contributed by atoms with Crippen LogP contribution in [0.25, 0.3) is 0 Å². The van der Waals surface area contributed by atoms with Crippen molar-refractivity contribution in [3.05, 3.63) is 35.4 Å². The molecule has 144 valence electrons. The van der Waals surface area contributed by atoms with Gasteiger partial charge in [-0.1, -0.05) is 24.3 Å². The fourth-order valence-corrected chi connectivity index (χ4v) is 4.29. The van der Waals surface area contributed by atoms with Gasteiger partial charge in [0.25, 0.3) is 0 Å². The average Bonchev–Trinajstić information content (AvgIpc) is 3.20. The maximum absolute atomic E-state index is 5.66. The van der Waals surface area contributed by atoms with Crippen molar-refractivity contribution in [2.75, 3.05) is 46.9 Å². The van der Waals surface area contributed by atoms with Gasteiger partial charge in [-0.2, -0.15) is 0 Å². The van der Waals surface area contributed by atoms with Crippen LogP contribution < -0.4 is 5.32 Å². The average molecular weight is 359 g/mol. The van der Waals surface area contributed by atoms with Crippen molar-refractivity contribution in [2.24, 2.45) is 4.99 Å². The summed E-state index contributed by atoms with van der Waals surface area (Å²) in [5, 5.41) is 3.68. The maximum Gasteiger partial charge on any atom is 0.193 e. The van der Waals surface area contributed by atoms with Crippen molar-refractivity contribution in [3.63, 3.8) is 0 Å². The van der Waals surface area contributed by atoms with Crippen LogP contribution in [-0.2, 0) is 11.3 Å². The number of nitrogens with one attached hydrogen (secondary N) is 1. The number of ether oxygens (including phenoxy) is 1. The van der Waals surface area contributed by atoms with Gasteiger partial charge in [0.1, 0.15) is 0 Å². The van der Waals surface area contributed by atoms with Crippen molar-refractivity contribution < 1.29 is 4.74 Å². The number of nitrogens with zero attached hydrogens (tertiary/aromatic N) is 3. The molecule has 2 aliphatic heterocycles. The first-order valence-electron chi connectivity index (χ1n) is 9.94. The number of guanidine groups is 1. The van der Waals surface area contributed by atoms with Gasteiger partial charge in [0.2, 0.25) is 0 Å². The second-order valence-electron chi connectivity index (χ2n) is 7.71. The number of aliphatic imine (C=N–C) groups is 1. The van der Waals surface area contributed by atoms with E-state index in [-0.39, 0.29) is 5.54 Å². The van der Waals surface area contributed by atoms with Crippen LogP contribution in [-0.4, -0.2) is 68.2 Å². The molecule has 5 nitrogen and oxygen atoms in total. The van der Waals surface area contributed by atoms with E-state index in [1.54, 1.807) is 0 Å². The number of aryl methyl sites for hydroxylation is 1. The Morgan fingerprint density at radius 2 is 1.92 bits per heavy atom. The highest BCUT2D eigenvalue weighted by molar-refractivity contribution is 5.79. The lowest BCUT2D eigenvalue weighted by Crippen LogP contribution is -2.58. The summed E-state index contributed by atoms with van der Waals surface area (Å²) in [6.07, 6.45) is 4.87. The predicted molar refractivity (Wildman–Crippen MR) is 108 cm³/mol. The molecular formula is C21H34N4O. The molecule has 0 aliphatic carbocycles. The van der Waals surface area contributed by atoms with E-state index in [1.165, 1.54) is 37.1 Å². The van der Waals surface area contributed by atoms with Crippen LogP contribution in [0, 0.1) is 6.92 Å². The third-order valence-corrected chi connectivity index (χ3v) is 6.02. The fourth-order valence-electron chi connectivity index (χ4n) is 4.29. The Hall–Kier alpha value is -1.59. The van der Waals surface area contributed by atoms with Gasteiger partial charge in [-0.25, -0.2) is 0 Å². The Morgan fingerprint density at radius 1 is 1.23 bits per heavy atom. The zero-order chi connectivity index (χ0) is 18.4. The van der Waals surface area contributed by atoms with Crippen molar-refractivity contribution in [1.29, 1.82) is 0 Å². The highest BCUT2D eigenvalue weighted by Gasteiger charge is 2.39. The topological polar surface area (TPSA) is 40.1 Å². The number of hydrogen-bond acceptors (Lipinski definition) is 3. The molecule has 2 heterocycles. The molecule has 26 heavy (non-hydrogen) atoms. The standard InChI is InChI=1S/C21H34N4O/c1-18-8-4-5-9-19(18)16-24(3)20(22-2)23-17-21(10-14-26-15-11-21)25-12-6-7-13-25/h4-5,8-9H,6-7,10-17H2,1-3H3,(H,22,23). The third-order valence-electron chi connectivity index (χ3n) is 6.02. The molecule has 0 spiro atoms. The summed E-state index contributed by atoms with van der Waals surface area (Å²) in [5.74, 6) is 0.971. The quantitative estimate of drug-likeness (QED) is 0.649. The van der Waals surface area contributed by atoms with E-state index in [1.807, 2.05) is 7.05 Å². The number of rotatable bonds is 5. The lowest BCUT2D eigenvalue weighted by Gasteiger charge is -2.45. The normalized spacial score (nSPS) is 21.0. The fraction of sp³-hybridized carbons (Fsp3) is 0.667. The van der Waals surface area contributed by atoms with E-state index >= 15 is 0 Å². The molecule has 1 aromatic carbocycles. The molecule has 0 saturated carbocycles. The zero-order valence-corrected chi connectivity index (χ0v) is 16.6. The minimum Gasteiger partial charge on any atom is -0.381 e. The molecule has 1 N–H and O–H groups in total. The van der Waals surface area contributed by atoms with Crippen molar-refractivity contribution >= 4 is 5.96 Å². The lowest BCUT2D eigenvalue weighted by molar-refractivity contribution is -0.0166.